The first kappa shape index (κ1) is 17.7. The molecule has 1 amide bonds. The molecule has 0 saturated heterocycles. The highest BCUT2D eigenvalue weighted by Crippen LogP contribution is 2.24. The lowest BCUT2D eigenvalue weighted by molar-refractivity contribution is -0.129. The smallest absolute Gasteiger partial charge is 0.277 e. The van der Waals surface area contributed by atoms with Gasteiger partial charge in [0.1, 0.15) is 6.10 Å². The molecule has 1 aromatic carbocycles. The topological polar surface area (TPSA) is 97.3 Å². The second kappa shape index (κ2) is 7.53. The van der Waals surface area contributed by atoms with Gasteiger partial charge in [0.25, 0.3) is 5.22 Å². The van der Waals surface area contributed by atoms with Gasteiger partial charge in [0, 0.05) is 13.5 Å². The van der Waals surface area contributed by atoms with E-state index >= 15 is 0 Å². The molecule has 9 heteroatoms. The Hall–Kier alpha value is -2.65. The van der Waals surface area contributed by atoms with Crippen LogP contribution in [0.1, 0.15) is 28.9 Å². The minimum Gasteiger partial charge on any atom is -0.416 e. The van der Waals surface area contributed by atoms with E-state index in [0.717, 1.165) is 11.3 Å². The van der Waals surface area contributed by atoms with Crippen molar-refractivity contribution in [1.82, 2.24) is 24.9 Å². The Morgan fingerprint density at radius 3 is 2.85 bits per heavy atom. The molecule has 3 aromatic rings. The van der Waals surface area contributed by atoms with E-state index in [-0.39, 0.29) is 11.7 Å². The quantitative estimate of drug-likeness (QED) is 0.669. The molecule has 0 radical (unpaired) electrons. The molecule has 0 spiro atoms. The third kappa shape index (κ3) is 3.88. The second-order valence-electron chi connectivity index (χ2n) is 6.29. The molecule has 1 aliphatic rings. The Morgan fingerprint density at radius 1 is 1.30 bits per heavy atom. The molecule has 0 aliphatic carbocycles. The van der Waals surface area contributed by atoms with Gasteiger partial charge in [-0.05, 0) is 11.6 Å². The maximum absolute atomic E-state index is 12.5. The lowest BCUT2D eigenvalue weighted by Gasteiger charge is -2.27. The average molecular weight is 385 g/mol. The lowest BCUT2D eigenvalue weighted by Crippen LogP contribution is -2.39. The van der Waals surface area contributed by atoms with Crippen molar-refractivity contribution in [2.24, 2.45) is 0 Å². The number of carbonyl (C=O) groups excluding carboxylic acids is 1. The summed E-state index contributed by atoms with van der Waals surface area (Å²) in [7, 11) is 0. The van der Waals surface area contributed by atoms with Crippen molar-refractivity contribution in [2.75, 3.05) is 12.3 Å². The molecular weight excluding hydrogens is 366 g/mol. The summed E-state index contributed by atoms with van der Waals surface area (Å²) in [5.41, 5.74) is 2.31. The van der Waals surface area contributed by atoms with Crippen molar-refractivity contribution in [3.05, 3.63) is 59.2 Å². The van der Waals surface area contributed by atoms with E-state index in [0.29, 0.717) is 36.4 Å². The maximum Gasteiger partial charge on any atom is 0.277 e. The molecule has 27 heavy (non-hydrogen) atoms. The van der Waals surface area contributed by atoms with Crippen molar-refractivity contribution >= 4 is 17.7 Å². The number of aromatic nitrogens is 4. The zero-order chi connectivity index (χ0) is 18.8. The zero-order valence-corrected chi connectivity index (χ0v) is 15.6. The van der Waals surface area contributed by atoms with E-state index < -0.39 is 6.10 Å². The molecule has 0 saturated carbocycles. The number of aryl methyl sites for hydroxylation is 1. The van der Waals surface area contributed by atoms with Crippen molar-refractivity contribution < 1.29 is 14.3 Å². The summed E-state index contributed by atoms with van der Waals surface area (Å²) >= 11 is 1.24. The number of aliphatic hydroxyl groups is 1. The highest BCUT2D eigenvalue weighted by atomic mass is 32.2. The number of benzene rings is 1. The fourth-order valence-electron chi connectivity index (χ4n) is 2.99. The molecule has 0 unspecified atom stereocenters. The van der Waals surface area contributed by atoms with E-state index in [1.165, 1.54) is 11.8 Å². The Kier molecular flexibility index (Phi) is 4.95. The van der Waals surface area contributed by atoms with E-state index in [1.54, 1.807) is 11.8 Å². The van der Waals surface area contributed by atoms with Gasteiger partial charge in [-0.3, -0.25) is 9.48 Å². The van der Waals surface area contributed by atoms with E-state index in [4.69, 9.17) is 4.42 Å². The third-order valence-corrected chi connectivity index (χ3v) is 5.19. The van der Waals surface area contributed by atoms with Crippen molar-refractivity contribution in [3.8, 4) is 0 Å². The fourth-order valence-corrected chi connectivity index (χ4v) is 3.70. The molecule has 0 fully saturated rings. The summed E-state index contributed by atoms with van der Waals surface area (Å²) in [6.45, 7) is 3.37. The molecule has 8 nitrogen and oxygen atoms in total. The Balaban J connectivity index is 1.41. The first-order valence-electron chi connectivity index (χ1n) is 8.60. The summed E-state index contributed by atoms with van der Waals surface area (Å²) < 4.78 is 7.14. The van der Waals surface area contributed by atoms with Gasteiger partial charge in [0.15, 0.2) is 0 Å². The predicted octanol–water partition coefficient (Wildman–Crippen LogP) is 1.79. The predicted molar refractivity (Wildman–Crippen MR) is 97.9 cm³/mol. The van der Waals surface area contributed by atoms with Crippen LogP contribution < -0.4 is 0 Å². The first-order valence-corrected chi connectivity index (χ1v) is 9.59. The summed E-state index contributed by atoms with van der Waals surface area (Å²) in [6, 6.07) is 11.3. The Labute approximate surface area is 160 Å². The molecule has 3 heterocycles. The number of amides is 1. The second-order valence-corrected chi connectivity index (χ2v) is 7.21. The van der Waals surface area contributed by atoms with Gasteiger partial charge >= 0.3 is 0 Å². The zero-order valence-electron chi connectivity index (χ0n) is 14.8. The molecule has 1 N–H and O–H groups in total. The molecule has 0 bridgehead atoms. The minimum atomic E-state index is -0.773. The number of hydrogen-bond acceptors (Lipinski definition) is 7. The number of thioether (sulfide) groups is 1. The van der Waals surface area contributed by atoms with Crippen LogP contribution in [0.25, 0.3) is 0 Å². The standard InChI is InChI=1S/C18H19N5O3S/c1-12-19-20-18(26-12)27-11-16(24)22-7-8-23-14(10-22)9-15(21-23)17(25)13-5-3-2-4-6-13/h2-6,9,17,25H,7-8,10-11H2,1H3/t17-/m1/s1. The first-order chi connectivity index (χ1) is 13.1. The molecule has 140 valence electrons. The molecular formula is C18H19N5O3S. The number of nitrogens with zero attached hydrogens (tertiary/aromatic N) is 5. The molecule has 4 rings (SSSR count). The lowest BCUT2D eigenvalue weighted by atomic mass is 10.1. The van der Waals surface area contributed by atoms with Crippen LogP contribution in [0.5, 0.6) is 0 Å². The molecule has 2 aromatic heterocycles. The van der Waals surface area contributed by atoms with Gasteiger partial charge in [0.2, 0.25) is 11.8 Å². The van der Waals surface area contributed by atoms with Gasteiger partial charge in [0.05, 0.1) is 30.2 Å². The highest BCUT2D eigenvalue weighted by molar-refractivity contribution is 7.99. The molecule has 1 atom stereocenters. The van der Waals surface area contributed by atoms with Gasteiger partial charge in [-0.2, -0.15) is 5.10 Å². The van der Waals surface area contributed by atoms with Crippen LogP contribution in [0.15, 0.2) is 46.0 Å². The van der Waals surface area contributed by atoms with Crippen LogP contribution >= 0.6 is 11.8 Å². The fraction of sp³-hybridized carbons (Fsp3) is 0.333. The number of carbonyl (C=O) groups is 1. The largest absolute Gasteiger partial charge is 0.416 e. The van der Waals surface area contributed by atoms with Gasteiger partial charge in [-0.1, -0.05) is 42.1 Å². The maximum atomic E-state index is 12.5. The number of fused-ring (bicyclic) bond motifs is 1. The van der Waals surface area contributed by atoms with Crippen LogP contribution in [0, 0.1) is 6.92 Å². The molecule has 1 aliphatic heterocycles. The van der Waals surface area contributed by atoms with E-state index in [2.05, 4.69) is 15.3 Å². The van der Waals surface area contributed by atoms with Crippen molar-refractivity contribution in [2.45, 2.75) is 31.3 Å². The summed E-state index contributed by atoms with van der Waals surface area (Å²) in [4.78, 5) is 14.3. The van der Waals surface area contributed by atoms with Gasteiger partial charge in [-0.15, -0.1) is 10.2 Å². The van der Waals surface area contributed by atoms with Crippen molar-refractivity contribution in [3.63, 3.8) is 0 Å². The Bertz CT molecular complexity index is 940. The summed E-state index contributed by atoms with van der Waals surface area (Å²) in [5.74, 6) is 0.736. The number of rotatable bonds is 5. The van der Waals surface area contributed by atoms with Crippen LogP contribution in [0.4, 0.5) is 0 Å². The van der Waals surface area contributed by atoms with Crippen molar-refractivity contribution in [1.29, 1.82) is 0 Å². The number of aliphatic hydroxyl groups excluding tert-OH is 1. The van der Waals surface area contributed by atoms with Gasteiger partial charge in [-0.25, -0.2) is 0 Å². The normalized spacial score (nSPS) is 14.8. The summed E-state index contributed by atoms with van der Waals surface area (Å²) in [6.07, 6.45) is -0.773. The highest BCUT2D eigenvalue weighted by Gasteiger charge is 2.25. The van der Waals surface area contributed by atoms with Crippen LogP contribution in [0.3, 0.4) is 0 Å². The average Bonchev–Trinajstić information content (AvgIpc) is 3.31. The van der Waals surface area contributed by atoms with Gasteiger partial charge < -0.3 is 14.4 Å². The van der Waals surface area contributed by atoms with Crippen LogP contribution in [0.2, 0.25) is 0 Å². The Morgan fingerprint density at radius 2 is 2.11 bits per heavy atom. The minimum absolute atomic E-state index is 0.00783. The number of hydrogen-bond donors (Lipinski definition) is 1. The van der Waals surface area contributed by atoms with Crippen LogP contribution in [-0.2, 0) is 17.9 Å². The third-order valence-electron chi connectivity index (χ3n) is 4.39. The summed E-state index contributed by atoms with van der Waals surface area (Å²) in [5, 5.41) is 23.1. The monoisotopic (exact) mass is 385 g/mol. The SMILES string of the molecule is Cc1nnc(SCC(=O)N2CCn3nc([C@H](O)c4ccccc4)cc3C2)o1. The van der Waals surface area contributed by atoms with E-state index in [9.17, 15) is 9.90 Å². The van der Waals surface area contributed by atoms with E-state index in [1.807, 2.05) is 41.1 Å². The van der Waals surface area contributed by atoms with Crippen LogP contribution in [-0.4, -0.2) is 48.2 Å².